The third-order valence-corrected chi connectivity index (χ3v) is 2.76. The van der Waals surface area contributed by atoms with Gasteiger partial charge < -0.3 is 10.4 Å². The number of hydrogen-bond acceptors (Lipinski definition) is 2. The van der Waals surface area contributed by atoms with Gasteiger partial charge in [-0.05, 0) is 24.4 Å². The summed E-state index contributed by atoms with van der Waals surface area (Å²) in [5.74, 6) is 0.00766. The van der Waals surface area contributed by atoms with E-state index in [1.54, 1.807) is 0 Å². The Bertz CT molecular complexity index is 279. The molecule has 0 saturated carbocycles. The predicted molar refractivity (Wildman–Crippen MR) is 63.9 cm³/mol. The second-order valence-corrected chi connectivity index (χ2v) is 4.15. The predicted octanol–water partition coefficient (Wildman–Crippen LogP) is 2.13. The maximum Gasteiger partial charge on any atom is 0.116 e. The van der Waals surface area contributed by atoms with Crippen molar-refractivity contribution >= 4 is 0 Å². The summed E-state index contributed by atoms with van der Waals surface area (Å²) in [5, 5.41) is 12.5. The van der Waals surface area contributed by atoms with Crippen LogP contribution in [0.15, 0.2) is 30.3 Å². The van der Waals surface area contributed by atoms with Gasteiger partial charge in [-0.15, -0.1) is 0 Å². The molecule has 0 saturated heterocycles. The Kier molecular flexibility index (Phi) is 6.04. The molecule has 0 spiro atoms. The zero-order valence-corrected chi connectivity index (χ0v) is 9.70. The van der Waals surface area contributed by atoms with E-state index in [0.717, 1.165) is 19.5 Å². The Morgan fingerprint density at radius 2 is 2.00 bits per heavy atom. The molecule has 0 fully saturated rings. The smallest absolute Gasteiger partial charge is 0.116 e. The van der Waals surface area contributed by atoms with Crippen molar-refractivity contribution in [3.8, 4) is 0 Å². The number of aliphatic hydroxyl groups is 1. The van der Waals surface area contributed by atoms with E-state index in [9.17, 15) is 9.50 Å². The van der Waals surface area contributed by atoms with Crippen molar-refractivity contribution in [1.29, 1.82) is 0 Å². The van der Waals surface area contributed by atoms with Crippen LogP contribution in [0.25, 0.3) is 0 Å². The van der Waals surface area contributed by atoms with Crippen molar-refractivity contribution in [3.05, 3.63) is 35.9 Å². The molecule has 1 aromatic rings. The molecule has 0 aromatic heterocycles. The third kappa shape index (κ3) is 4.73. The first-order valence-corrected chi connectivity index (χ1v) is 5.72. The Labute approximate surface area is 96.5 Å². The molecule has 0 bridgehead atoms. The van der Waals surface area contributed by atoms with Crippen LogP contribution >= 0.6 is 0 Å². The van der Waals surface area contributed by atoms with E-state index in [1.165, 1.54) is 5.56 Å². The van der Waals surface area contributed by atoms with Crippen LogP contribution in [-0.4, -0.2) is 24.4 Å². The summed E-state index contributed by atoms with van der Waals surface area (Å²) in [5.41, 5.74) is 1.24. The number of hydrogen-bond donors (Lipinski definition) is 2. The van der Waals surface area contributed by atoms with Crippen LogP contribution in [0.3, 0.4) is 0 Å². The summed E-state index contributed by atoms with van der Waals surface area (Å²) in [6, 6.07) is 10.1. The molecule has 0 heterocycles. The third-order valence-electron chi connectivity index (χ3n) is 2.76. The van der Waals surface area contributed by atoms with Gasteiger partial charge in [0.2, 0.25) is 0 Å². The molecule has 2 N–H and O–H groups in total. The van der Waals surface area contributed by atoms with Crippen LogP contribution in [0.1, 0.15) is 18.9 Å². The molecule has 2 nitrogen and oxygen atoms in total. The minimum Gasteiger partial charge on any atom is -0.390 e. The van der Waals surface area contributed by atoms with Gasteiger partial charge in [0.15, 0.2) is 0 Å². The van der Waals surface area contributed by atoms with Crippen molar-refractivity contribution in [3.63, 3.8) is 0 Å². The van der Waals surface area contributed by atoms with E-state index >= 15 is 0 Å². The molecule has 1 rings (SSSR count). The SMILES string of the molecule is CC(CCNCc1ccccc1)C(O)CF. The van der Waals surface area contributed by atoms with Crippen molar-refractivity contribution in [2.24, 2.45) is 5.92 Å². The summed E-state index contributed by atoms with van der Waals surface area (Å²) >= 11 is 0. The normalized spacial score (nSPS) is 14.7. The average molecular weight is 225 g/mol. The maximum absolute atomic E-state index is 12.1. The fourth-order valence-electron chi connectivity index (χ4n) is 1.50. The number of alkyl halides is 1. The quantitative estimate of drug-likeness (QED) is 0.697. The highest BCUT2D eigenvalue weighted by Gasteiger charge is 2.12. The van der Waals surface area contributed by atoms with Crippen molar-refractivity contribution in [2.75, 3.05) is 13.2 Å². The van der Waals surface area contributed by atoms with Gasteiger partial charge in [0.25, 0.3) is 0 Å². The first kappa shape index (κ1) is 13.1. The Balaban J connectivity index is 2.13. The van der Waals surface area contributed by atoms with Crippen LogP contribution in [0.5, 0.6) is 0 Å². The number of benzene rings is 1. The number of nitrogens with one attached hydrogen (secondary N) is 1. The Morgan fingerprint density at radius 3 is 2.62 bits per heavy atom. The standard InChI is InChI=1S/C13H20FNO/c1-11(13(16)9-14)7-8-15-10-12-5-3-2-4-6-12/h2-6,11,13,15-16H,7-10H2,1H3. The lowest BCUT2D eigenvalue weighted by Gasteiger charge is -2.15. The molecule has 2 unspecified atom stereocenters. The van der Waals surface area contributed by atoms with Gasteiger partial charge >= 0.3 is 0 Å². The van der Waals surface area contributed by atoms with Gasteiger partial charge in [0.05, 0.1) is 6.10 Å². The van der Waals surface area contributed by atoms with Gasteiger partial charge in [-0.2, -0.15) is 0 Å². The Morgan fingerprint density at radius 1 is 1.31 bits per heavy atom. The highest BCUT2D eigenvalue weighted by Crippen LogP contribution is 2.07. The van der Waals surface area contributed by atoms with Gasteiger partial charge in [-0.3, -0.25) is 0 Å². The zero-order chi connectivity index (χ0) is 11.8. The zero-order valence-electron chi connectivity index (χ0n) is 9.70. The number of rotatable bonds is 7. The first-order valence-electron chi connectivity index (χ1n) is 5.72. The summed E-state index contributed by atoms with van der Waals surface area (Å²) in [7, 11) is 0. The first-order chi connectivity index (χ1) is 7.74. The highest BCUT2D eigenvalue weighted by molar-refractivity contribution is 5.14. The molecule has 90 valence electrons. The van der Waals surface area contributed by atoms with Crippen molar-refractivity contribution in [2.45, 2.75) is 26.0 Å². The highest BCUT2D eigenvalue weighted by atomic mass is 19.1. The molecule has 2 atom stereocenters. The van der Waals surface area contributed by atoms with E-state index in [2.05, 4.69) is 17.4 Å². The molecule has 1 aromatic carbocycles. The molecule has 16 heavy (non-hydrogen) atoms. The fourth-order valence-corrected chi connectivity index (χ4v) is 1.50. The maximum atomic E-state index is 12.1. The average Bonchev–Trinajstić information content (AvgIpc) is 2.34. The van der Waals surface area contributed by atoms with Crippen molar-refractivity contribution < 1.29 is 9.50 Å². The van der Waals surface area contributed by atoms with Gasteiger partial charge in [0.1, 0.15) is 6.67 Å². The largest absolute Gasteiger partial charge is 0.390 e. The van der Waals surface area contributed by atoms with Gasteiger partial charge in [-0.1, -0.05) is 37.3 Å². The number of aliphatic hydroxyl groups excluding tert-OH is 1. The second kappa shape index (κ2) is 7.36. The monoisotopic (exact) mass is 225 g/mol. The lowest BCUT2D eigenvalue weighted by atomic mass is 10.0. The van der Waals surface area contributed by atoms with Gasteiger partial charge in [0, 0.05) is 6.54 Å². The topological polar surface area (TPSA) is 32.3 Å². The van der Waals surface area contributed by atoms with E-state index in [4.69, 9.17) is 0 Å². The summed E-state index contributed by atoms with van der Waals surface area (Å²) in [4.78, 5) is 0. The molecular formula is C13H20FNO. The van der Waals surface area contributed by atoms with Crippen LogP contribution in [0, 0.1) is 5.92 Å². The summed E-state index contributed by atoms with van der Waals surface area (Å²) < 4.78 is 12.1. The van der Waals surface area contributed by atoms with E-state index in [0.29, 0.717) is 0 Å². The Hall–Kier alpha value is -0.930. The second-order valence-electron chi connectivity index (χ2n) is 4.15. The summed E-state index contributed by atoms with van der Waals surface area (Å²) in [6.45, 7) is 2.83. The minimum atomic E-state index is -0.821. The molecule has 0 amide bonds. The van der Waals surface area contributed by atoms with Crippen LogP contribution in [0.4, 0.5) is 4.39 Å². The molecule has 3 heteroatoms. The lowest BCUT2D eigenvalue weighted by molar-refractivity contribution is 0.0845. The van der Waals surface area contributed by atoms with E-state index < -0.39 is 12.8 Å². The molecule has 0 radical (unpaired) electrons. The molecule has 0 aliphatic rings. The number of halogens is 1. The summed E-state index contributed by atoms with van der Waals surface area (Å²) in [6.07, 6.45) is -0.0312. The molecule has 0 aliphatic heterocycles. The minimum absolute atomic E-state index is 0.00766. The van der Waals surface area contributed by atoms with Gasteiger partial charge in [-0.25, -0.2) is 4.39 Å². The molecular weight excluding hydrogens is 205 g/mol. The van der Waals surface area contributed by atoms with Crippen LogP contribution in [0.2, 0.25) is 0 Å². The van der Waals surface area contributed by atoms with E-state index in [-0.39, 0.29) is 5.92 Å². The van der Waals surface area contributed by atoms with Crippen LogP contribution < -0.4 is 5.32 Å². The fraction of sp³-hybridized carbons (Fsp3) is 0.538. The van der Waals surface area contributed by atoms with E-state index in [1.807, 2.05) is 25.1 Å². The molecule has 0 aliphatic carbocycles. The van der Waals surface area contributed by atoms with Crippen LogP contribution in [-0.2, 0) is 6.54 Å². The lowest BCUT2D eigenvalue weighted by Crippen LogP contribution is -2.24. The van der Waals surface area contributed by atoms with Crippen molar-refractivity contribution in [1.82, 2.24) is 5.32 Å².